The van der Waals surface area contributed by atoms with Gasteiger partial charge in [-0.05, 0) is 24.6 Å². The number of hydrogen-bond donors (Lipinski definition) is 1. The molecule has 0 bridgehead atoms. The summed E-state index contributed by atoms with van der Waals surface area (Å²) in [7, 11) is 0. The highest BCUT2D eigenvalue weighted by Gasteiger charge is 2.12. The number of nitrogens with two attached hydrogens (primary N) is 1. The van der Waals surface area contributed by atoms with E-state index < -0.39 is 0 Å². The van der Waals surface area contributed by atoms with Crippen molar-refractivity contribution >= 4 is 21.6 Å². The Labute approximate surface area is 112 Å². The average molecular weight is 305 g/mol. The molecule has 0 radical (unpaired) electrons. The van der Waals surface area contributed by atoms with E-state index in [4.69, 9.17) is 15.7 Å². The Morgan fingerprint density at radius 3 is 2.72 bits per heavy atom. The van der Waals surface area contributed by atoms with Crippen LogP contribution in [0.4, 0.5) is 5.69 Å². The largest absolute Gasteiger partial charge is 0.434 e. The van der Waals surface area contributed by atoms with Crippen LogP contribution < -0.4 is 10.5 Å². The predicted octanol–water partition coefficient (Wildman–Crippen LogP) is 2.79. The van der Waals surface area contributed by atoms with Gasteiger partial charge in [0.2, 0.25) is 5.69 Å². The smallest absolute Gasteiger partial charge is 0.256 e. The number of halogens is 1. The van der Waals surface area contributed by atoms with E-state index in [1.165, 1.54) is 12.4 Å². The van der Waals surface area contributed by atoms with Gasteiger partial charge in [0.25, 0.3) is 5.88 Å². The summed E-state index contributed by atoms with van der Waals surface area (Å²) >= 11 is 3.34. The van der Waals surface area contributed by atoms with Crippen LogP contribution in [0.3, 0.4) is 0 Å². The molecule has 0 aliphatic carbocycles. The zero-order valence-corrected chi connectivity index (χ0v) is 11.1. The van der Waals surface area contributed by atoms with Crippen molar-refractivity contribution in [1.82, 2.24) is 9.97 Å². The van der Waals surface area contributed by atoms with E-state index in [0.29, 0.717) is 11.4 Å². The Morgan fingerprint density at radius 2 is 2.06 bits per heavy atom. The highest BCUT2D eigenvalue weighted by atomic mass is 79.9. The summed E-state index contributed by atoms with van der Waals surface area (Å²) in [5.74, 6) is 0.632. The third-order valence-electron chi connectivity index (χ3n) is 2.24. The van der Waals surface area contributed by atoms with Crippen molar-refractivity contribution in [3.63, 3.8) is 0 Å². The number of rotatable bonds is 2. The maximum atomic E-state index is 8.91. The van der Waals surface area contributed by atoms with E-state index in [-0.39, 0.29) is 11.6 Å². The van der Waals surface area contributed by atoms with Gasteiger partial charge in [-0.2, -0.15) is 5.26 Å². The van der Waals surface area contributed by atoms with Crippen molar-refractivity contribution in [2.45, 2.75) is 6.92 Å². The summed E-state index contributed by atoms with van der Waals surface area (Å²) < 4.78 is 6.44. The summed E-state index contributed by atoms with van der Waals surface area (Å²) in [4.78, 5) is 7.85. The lowest BCUT2D eigenvalue weighted by Crippen LogP contribution is -1.99. The molecular weight excluding hydrogens is 296 g/mol. The number of aromatic nitrogens is 2. The monoisotopic (exact) mass is 304 g/mol. The Bertz CT molecular complexity index is 613. The van der Waals surface area contributed by atoms with Crippen LogP contribution in [-0.2, 0) is 0 Å². The van der Waals surface area contributed by atoms with Crippen LogP contribution in [-0.4, -0.2) is 9.97 Å². The molecule has 2 aromatic rings. The molecule has 2 N–H and O–H groups in total. The molecule has 0 aliphatic rings. The van der Waals surface area contributed by atoms with Gasteiger partial charge < -0.3 is 10.5 Å². The lowest BCUT2D eigenvalue weighted by Gasteiger charge is -2.11. The number of ether oxygens (including phenoxy) is 1. The summed E-state index contributed by atoms with van der Waals surface area (Å²) in [6.07, 6.45) is 2.89. The van der Waals surface area contributed by atoms with E-state index in [0.717, 1.165) is 10.0 Å². The summed E-state index contributed by atoms with van der Waals surface area (Å²) in [6, 6.07) is 5.51. The first-order chi connectivity index (χ1) is 8.61. The Kier molecular flexibility index (Phi) is 3.44. The molecule has 0 aliphatic heterocycles. The molecule has 5 nitrogen and oxygen atoms in total. The van der Waals surface area contributed by atoms with Crippen molar-refractivity contribution in [1.29, 1.82) is 5.26 Å². The maximum Gasteiger partial charge on any atom is 0.256 e. The predicted molar refractivity (Wildman–Crippen MR) is 70.1 cm³/mol. The number of nitrogen functional groups attached to an aromatic ring is 1. The fourth-order valence-electron chi connectivity index (χ4n) is 1.47. The molecule has 6 heteroatoms. The van der Waals surface area contributed by atoms with Crippen molar-refractivity contribution < 1.29 is 4.74 Å². The normalized spacial score (nSPS) is 9.83. The van der Waals surface area contributed by atoms with Crippen LogP contribution in [0.15, 0.2) is 29.0 Å². The molecule has 18 heavy (non-hydrogen) atoms. The van der Waals surface area contributed by atoms with E-state index in [1.807, 2.05) is 19.1 Å². The minimum atomic E-state index is 0.124. The molecule has 0 saturated carbocycles. The zero-order valence-electron chi connectivity index (χ0n) is 9.51. The summed E-state index contributed by atoms with van der Waals surface area (Å²) in [5, 5.41) is 8.91. The van der Waals surface area contributed by atoms with Gasteiger partial charge in [-0.3, -0.25) is 0 Å². The van der Waals surface area contributed by atoms with Gasteiger partial charge in [-0.15, -0.1) is 0 Å². The minimum absolute atomic E-state index is 0.124. The molecule has 1 aromatic heterocycles. The van der Waals surface area contributed by atoms with Crippen molar-refractivity contribution in [3.8, 4) is 17.7 Å². The SMILES string of the molecule is Cc1cc(Br)cc(N)c1Oc1nccnc1C#N. The van der Waals surface area contributed by atoms with E-state index in [1.54, 1.807) is 6.07 Å². The third kappa shape index (κ3) is 2.41. The van der Waals surface area contributed by atoms with Gasteiger partial charge in [-0.1, -0.05) is 15.9 Å². The summed E-state index contributed by atoms with van der Waals surface area (Å²) in [5.41, 5.74) is 7.31. The van der Waals surface area contributed by atoms with E-state index in [9.17, 15) is 0 Å². The number of nitrogens with zero attached hydrogens (tertiary/aromatic N) is 3. The number of benzene rings is 1. The highest BCUT2D eigenvalue weighted by molar-refractivity contribution is 9.10. The Morgan fingerprint density at radius 1 is 1.33 bits per heavy atom. The summed E-state index contributed by atoms with van der Waals surface area (Å²) in [6.45, 7) is 1.86. The molecule has 0 fully saturated rings. The van der Waals surface area contributed by atoms with Gasteiger partial charge in [0.1, 0.15) is 6.07 Å². The number of anilines is 1. The number of aryl methyl sites for hydroxylation is 1. The topological polar surface area (TPSA) is 84.8 Å². The second-order valence-corrected chi connectivity index (χ2v) is 4.48. The molecule has 0 amide bonds. The van der Waals surface area contributed by atoms with Crippen LogP contribution in [0.5, 0.6) is 11.6 Å². The van der Waals surface area contributed by atoms with Crippen LogP contribution >= 0.6 is 15.9 Å². The van der Waals surface area contributed by atoms with Crippen molar-refractivity contribution in [2.24, 2.45) is 0 Å². The fourth-order valence-corrected chi connectivity index (χ4v) is 2.06. The molecule has 0 spiro atoms. The van der Waals surface area contributed by atoms with Crippen LogP contribution in [0.25, 0.3) is 0 Å². The van der Waals surface area contributed by atoms with Gasteiger partial charge in [0.05, 0.1) is 5.69 Å². The second-order valence-electron chi connectivity index (χ2n) is 3.57. The molecule has 0 atom stereocenters. The Hall–Kier alpha value is -2.13. The first-order valence-electron chi connectivity index (χ1n) is 5.06. The lowest BCUT2D eigenvalue weighted by atomic mass is 10.2. The minimum Gasteiger partial charge on any atom is -0.434 e. The molecule has 1 aromatic carbocycles. The Balaban J connectivity index is 2.44. The number of hydrogen-bond acceptors (Lipinski definition) is 5. The van der Waals surface area contributed by atoms with Gasteiger partial charge in [0.15, 0.2) is 5.75 Å². The highest BCUT2D eigenvalue weighted by Crippen LogP contribution is 2.33. The maximum absolute atomic E-state index is 8.91. The van der Waals surface area contributed by atoms with Crippen LogP contribution in [0, 0.1) is 18.3 Å². The van der Waals surface area contributed by atoms with E-state index in [2.05, 4.69) is 25.9 Å². The number of nitriles is 1. The molecule has 1 heterocycles. The fraction of sp³-hybridized carbons (Fsp3) is 0.0833. The molecular formula is C12H9BrN4O. The molecule has 2 rings (SSSR count). The molecule has 0 unspecified atom stereocenters. The lowest BCUT2D eigenvalue weighted by molar-refractivity contribution is 0.457. The van der Waals surface area contributed by atoms with Gasteiger partial charge in [0, 0.05) is 16.9 Å². The van der Waals surface area contributed by atoms with E-state index >= 15 is 0 Å². The first kappa shape index (κ1) is 12.3. The third-order valence-corrected chi connectivity index (χ3v) is 2.70. The van der Waals surface area contributed by atoms with Gasteiger partial charge >= 0.3 is 0 Å². The van der Waals surface area contributed by atoms with Gasteiger partial charge in [-0.25, -0.2) is 9.97 Å². The standard InChI is InChI=1S/C12H9BrN4O/c1-7-4-8(13)5-9(15)11(7)18-12-10(6-14)16-2-3-17-12/h2-5H,15H2,1H3. The van der Waals surface area contributed by atoms with Crippen molar-refractivity contribution in [2.75, 3.05) is 5.73 Å². The molecule has 0 saturated heterocycles. The van der Waals surface area contributed by atoms with Crippen LogP contribution in [0.2, 0.25) is 0 Å². The van der Waals surface area contributed by atoms with Crippen LogP contribution in [0.1, 0.15) is 11.3 Å². The molecule has 90 valence electrons. The average Bonchev–Trinajstić information content (AvgIpc) is 2.34. The quantitative estimate of drug-likeness (QED) is 0.862. The first-order valence-corrected chi connectivity index (χ1v) is 5.85. The second kappa shape index (κ2) is 5.02. The van der Waals surface area contributed by atoms with Crippen molar-refractivity contribution in [3.05, 3.63) is 40.3 Å². The zero-order chi connectivity index (χ0) is 13.1.